The number of amides is 1. The molecule has 0 aliphatic rings. The Morgan fingerprint density at radius 1 is 1.32 bits per heavy atom. The highest BCUT2D eigenvalue weighted by atomic mass is 35.5. The van der Waals surface area contributed by atoms with Gasteiger partial charge in [-0.2, -0.15) is 0 Å². The van der Waals surface area contributed by atoms with Gasteiger partial charge in [0, 0.05) is 11.6 Å². The smallest absolute Gasteiger partial charge is 0.255 e. The summed E-state index contributed by atoms with van der Waals surface area (Å²) < 4.78 is 32.0. The third kappa shape index (κ3) is 6.80. The number of unbranched alkanes of at least 4 members (excludes halogenated alkanes) is 1. The highest BCUT2D eigenvalue weighted by Gasteiger charge is 2.20. The fourth-order valence-electron chi connectivity index (χ4n) is 1.51. The summed E-state index contributed by atoms with van der Waals surface area (Å²) in [5, 5.41) is 0.240. The number of rotatable bonds is 9. The number of sulfonamides is 1. The molecule has 1 amide bonds. The van der Waals surface area contributed by atoms with Crippen LogP contribution in [0.2, 0.25) is 5.02 Å². The van der Waals surface area contributed by atoms with Gasteiger partial charge < -0.3 is 16.2 Å². The standard InChI is InChI=1S/C12H18ClN3O4S.ClH/c13-9-3-4-10(20-8-12(15)17)11(7-9)21(18,19)16-6-2-1-5-14;/h3-4,7,16H,1-2,5-6,8,14H2,(H2,15,17);1H. The Kier molecular flexibility index (Phi) is 9.38. The molecule has 0 saturated carbocycles. The van der Waals surface area contributed by atoms with Gasteiger partial charge in [-0.15, -0.1) is 12.4 Å². The zero-order chi connectivity index (χ0) is 15.9. The van der Waals surface area contributed by atoms with Gasteiger partial charge in [-0.25, -0.2) is 13.1 Å². The molecule has 0 aliphatic carbocycles. The third-order valence-electron chi connectivity index (χ3n) is 2.49. The second-order valence-electron chi connectivity index (χ2n) is 4.24. The first-order valence-corrected chi connectivity index (χ1v) is 8.13. The topological polar surface area (TPSA) is 125 Å². The van der Waals surface area contributed by atoms with Gasteiger partial charge in [-0.1, -0.05) is 11.6 Å². The summed E-state index contributed by atoms with van der Waals surface area (Å²) in [4.78, 5) is 10.6. The lowest BCUT2D eigenvalue weighted by Gasteiger charge is -2.12. The number of hydrogen-bond donors (Lipinski definition) is 3. The molecule has 1 aromatic rings. The van der Waals surface area contributed by atoms with Crippen molar-refractivity contribution in [2.24, 2.45) is 11.5 Å². The van der Waals surface area contributed by atoms with Gasteiger partial charge in [-0.3, -0.25) is 4.79 Å². The van der Waals surface area contributed by atoms with Crippen LogP contribution in [-0.4, -0.2) is 34.0 Å². The largest absolute Gasteiger partial charge is 0.482 e. The molecule has 0 unspecified atom stereocenters. The highest BCUT2D eigenvalue weighted by Crippen LogP contribution is 2.27. The van der Waals surface area contributed by atoms with Gasteiger partial charge in [0.15, 0.2) is 6.61 Å². The van der Waals surface area contributed by atoms with E-state index >= 15 is 0 Å². The van der Waals surface area contributed by atoms with Crippen LogP contribution in [0.25, 0.3) is 0 Å². The number of halogens is 2. The molecular formula is C12H19Cl2N3O4S. The molecule has 0 fully saturated rings. The van der Waals surface area contributed by atoms with Crippen LogP contribution in [0.15, 0.2) is 23.1 Å². The monoisotopic (exact) mass is 371 g/mol. The molecule has 0 heterocycles. The zero-order valence-electron chi connectivity index (χ0n) is 11.7. The lowest BCUT2D eigenvalue weighted by Crippen LogP contribution is -2.26. The number of carbonyl (C=O) groups excluding carboxylic acids is 1. The van der Waals surface area contributed by atoms with E-state index in [1.165, 1.54) is 18.2 Å². The van der Waals surface area contributed by atoms with E-state index in [9.17, 15) is 13.2 Å². The fraction of sp³-hybridized carbons (Fsp3) is 0.417. The maximum absolute atomic E-state index is 12.2. The molecule has 1 aromatic carbocycles. The highest BCUT2D eigenvalue weighted by molar-refractivity contribution is 7.89. The van der Waals surface area contributed by atoms with Crippen LogP contribution >= 0.6 is 24.0 Å². The molecule has 1 rings (SSSR count). The van der Waals surface area contributed by atoms with Crippen molar-refractivity contribution in [2.75, 3.05) is 19.7 Å². The lowest BCUT2D eigenvalue weighted by molar-refractivity contribution is -0.120. The van der Waals surface area contributed by atoms with Gasteiger partial charge in [0.05, 0.1) is 0 Å². The maximum Gasteiger partial charge on any atom is 0.255 e. The van der Waals surface area contributed by atoms with Gasteiger partial charge >= 0.3 is 0 Å². The van der Waals surface area contributed by atoms with Crippen molar-refractivity contribution in [3.63, 3.8) is 0 Å². The SMILES string of the molecule is Cl.NCCCCNS(=O)(=O)c1cc(Cl)ccc1OCC(N)=O. The normalized spacial score (nSPS) is 10.8. The van der Waals surface area contributed by atoms with E-state index in [-0.39, 0.29) is 34.6 Å². The van der Waals surface area contributed by atoms with E-state index in [1.807, 2.05) is 0 Å². The number of nitrogens with two attached hydrogens (primary N) is 2. The molecule has 0 atom stereocenters. The summed E-state index contributed by atoms with van der Waals surface area (Å²) in [6, 6.07) is 4.09. The van der Waals surface area contributed by atoms with Crippen LogP contribution in [0.3, 0.4) is 0 Å². The van der Waals surface area contributed by atoms with Crippen molar-refractivity contribution in [1.82, 2.24) is 4.72 Å². The summed E-state index contributed by atoms with van der Waals surface area (Å²) in [7, 11) is -3.79. The van der Waals surface area contributed by atoms with Crippen LogP contribution in [0.5, 0.6) is 5.75 Å². The van der Waals surface area contributed by atoms with Crippen molar-refractivity contribution >= 4 is 39.9 Å². The first-order valence-electron chi connectivity index (χ1n) is 6.27. The molecule has 7 nitrogen and oxygen atoms in total. The second-order valence-corrected chi connectivity index (χ2v) is 6.41. The Bertz CT molecular complexity index is 596. The van der Waals surface area contributed by atoms with E-state index in [4.69, 9.17) is 27.8 Å². The number of primary amides is 1. The molecule has 0 aromatic heterocycles. The summed E-state index contributed by atoms with van der Waals surface area (Å²) in [5.74, 6) is -0.686. The molecule has 0 aliphatic heterocycles. The summed E-state index contributed by atoms with van der Waals surface area (Å²) in [5.41, 5.74) is 10.3. The minimum absolute atomic E-state index is 0. The first-order chi connectivity index (χ1) is 9.86. The predicted molar refractivity (Wildman–Crippen MR) is 86.9 cm³/mol. The van der Waals surface area contributed by atoms with Crippen LogP contribution in [0, 0.1) is 0 Å². The first kappa shape index (κ1) is 20.9. The Balaban J connectivity index is 0.00000441. The minimum Gasteiger partial charge on any atom is -0.482 e. The zero-order valence-corrected chi connectivity index (χ0v) is 14.1. The molecule has 0 radical (unpaired) electrons. The van der Waals surface area contributed by atoms with Crippen LogP contribution in [0.4, 0.5) is 0 Å². The number of hydrogen-bond acceptors (Lipinski definition) is 5. The average Bonchev–Trinajstić information content (AvgIpc) is 2.42. The van der Waals surface area contributed by atoms with Crippen molar-refractivity contribution in [3.05, 3.63) is 23.2 Å². The number of nitrogens with one attached hydrogen (secondary N) is 1. The molecular weight excluding hydrogens is 353 g/mol. The average molecular weight is 372 g/mol. The summed E-state index contributed by atoms with van der Waals surface area (Å²) in [6.07, 6.45) is 1.33. The molecule has 22 heavy (non-hydrogen) atoms. The maximum atomic E-state index is 12.2. The van der Waals surface area contributed by atoms with Crippen LogP contribution in [-0.2, 0) is 14.8 Å². The van der Waals surface area contributed by atoms with E-state index in [2.05, 4.69) is 4.72 Å². The summed E-state index contributed by atoms with van der Waals surface area (Å²) in [6.45, 7) is 0.324. The Labute approximate surface area is 140 Å². The van der Waals surface area contributed by atoms with E-state index in [1.54, 1.807) is 0 Å². The number of ether oxygens (including phenoxy) is 1. The molecule has 10 heteroatoms. The van der Waals surface area contributed by atoms with Crippen LogP contribution < -0.4 is 20.9 Å². The van der Waals surface area contributed by atoms with Crippen molar-refractivity contribution < 1.29 is 17.9 Å². The molecule has 0 saturated heterocycles. The lowest BCUT2D eigenvalue weighted by atomic mass is 10.3. The van der Waals surface area contributed by atoms with Crippen molar-refractivity contribution in [3.8, 4) is 5.75 Å². The molecule has 5 N–H and O–H groups in total. The quantitative estimate of drug-likeness (QED) is 0.549. The van der Waals surface area contributed by atoms with Gasteiger partial charge in [-0.05, 0) is 37.6 Å². The summed E-state index contributed by atoms with van der Waals surface area (Å²) >= 11 is 5.81. The Morgan fingerprint density at radius 3 is 2.59 bits per heavy atom. The third-order valence-corrected chi connectivity index (χ3v) is 4.21. The Hall–Kier alpha value is -1.06. The minimum atomic E-state index is -3.79. The Morgan fingerprint density at radius 2 is 2.00 bits per heavy atom. The van der Waals surface area contributed by atoms with E-state index in [0.717, 1.165) is 0 Å². The van der Waals surface area contributed by atoms with Crippen molar-refractivity contribution in [2.45, 2.75) is 17.7 Å². The molecule has 126 valence electrons. The van der Waals surface area contributed by atoms with Gasteiger partial charge in [0.2, 0.25) is 10.0 Å². The second kappa shape index (κ2) is 9.86. The van der Waals surface area contributed by atoms with Crippen molar-refractivity contribution in [1.29, 1.82) is 0 Å². The van der Waals surface area contributed by atoms with E-state index in [0.29, 0.717) is 19.4 Å². The van der Waals surface area contributed by atoms with Crippen LogP contribution in [0.1, 0.15) is 12.8 Å². The molecule has 0 spiro atoms. The predicted octanol–water partition coefficient (Wildman–Crippen LogP) is 0.643. The van der Waals surface area contributed by atoms with Gasteiger partial charge in [0.1, 0.15) is 10.6 Å². The van der Waals surface area contributed by atoms with E-state index < -0.39 is 22.5 Å². The number of carbonyl (C=O) groups is 1. The fourth-order valence-corrected chi connectivity index (χ4v) is 2.99. The number of benzene rings is 1. The molecule has 0 bridgehead atoms. The van der Waals surface area contributed by atoms with Gasteiger partial charge in [0.25, 0.3) is 5.91 Å².